The summed E-state index contributed by atoms with van der Waals surface area (Å²) in [6.45, 7) is 6.16. The molecule has 1 N–H and O–H groups in total. The highest BCUT2D eigenvalue weighted by Gasteiger charge is 2.25. The van der Waals surface area contributed by atoms with E-state index in [0.29, 0.717) is 11.6 Å². The molecule has 1 atom stereocenters. The van der Waals surface area contributed by atoms with Gasteiger partial charge in [-0.2, -0.15) is 0 Å². The van der Waals surface area contributed by atoms with Crippen LogP contribution in [-0.2, 0) is 0 Å². The number of hydrogen-bond acceptors (Lipinski definition) is 4. The van der Waals surface area contributed by atoms with E-state index in [4.69, 9.17) is 4.42 Å². The van der Waals surface area contributed by atoms with Crippen molar-refractivity contribution in [2.75, 3.05) is 19.6 Å². The van der Waals surface area contributed by atoms with Gasteiger partial charge >= 0.3 is 0 Å². The van der Waals surface area contributed by atoms with Gasteiger partial charge in [-0.3, -0.25) is 4.79 Å². The molecular weight excluding hydrogens is 194 g/mol. The Morgan fingerprint density at radius 3 is 3.13 bits per heavy atom. The number of aryl methyl sites for hydroxylation is 1. The number of nitrogens with one attached hydrogen (secondary N) is 1. The molecule has 0 spiro atoms. The Morgan fingerprint density at radius 1 is 1.73 bits per heavy atom. The van der Waals surface area contributed by atoms with Crippen molar-refractivity contribution in [2.45, 2.75) is 19.9 Å². The highest BCUT2D eigenvalue weighted by molar-refractivity contribution is 5.92. The van der Waals surface area contributed by atoms with E-state index >= 15 is 0 Å². The standard InChI is InChI=1S/C10H15N3O2/c1-7-5-11-3-4-13(7)10(14)9-6-15-8(2)12-9/h6-7,11H,3-5H2,1-2H3/t7-/m0/s1. The van der Waals surface area contributed by atoms with E-state index in [1.165, 1.54) is 6.26 Å². The SMILES string of the molecule is Cc1nc(C(=O)N2CCNC[C@@H]2C)co1. The van der Waals surface area contributed by atoms with Gasteiger partial charge in [0.25, 0.3) is 5.91 Å². The lowest BCUT2D eigenvalue weighted by Crippen LogP contribution is -2.52. The van der Waals surface area contributed by atoms with Gasteiger partial charge in [-0.05, 0) is 6.92 Å². The fraction of sp³-hybridized carbons (Fsp3) is 0.600. The summed E-state index contributed by atoms with van der Waals surface area (Å²) in [5.74, 6) is 0.488. The topological polar surface area (TPSA) is 58.4 Å². The van der Waals surface area contributed by atoms with E-state index in [2.05, 4.69) is 10.3 Å². The minimum atomic E-state index is -0.0409. The molecule has 1 aromatic heterocycles. The van der Waals surface area contributed by atoms with E-state index in [1.54, 1.807) is 6.92 Å². The van der Waals surface area contributed by atoms with Crippen LogP contribution in [-0.4, -0.2) is 41.5 Å². The van der Waals surface area contributed by atoms with Crippen LogP contribution < -0.4 is 5.32 Å². The second kappa shape index (κ2) is 4.02. The van der Waals surface area contributed by atoms with E-state index < -0.39 is 0 Å². The number of rotatable bonds is 1. The van der Waals surface area contributed by atoms with Gasteiger partial charge in [-0.1, -0.05) is 0 Å². The Labute approximate surface area is 88.5 Å². The fourth-order valence-corrected chi connectivity index (χ4v) is 1.75. The lowest BCUT2D eigenvalue weighted by Gasteiger charge is -2.33. The van der Waals surface area contributed by atoms with Crippen molar-refractivity contribution in [1.29, 1.82) is 0 Å². The van der Waals surface area contributed by atoms with Crippen LogP contribution in [0.5, 0.6) is 0 Å². The van der Waals surface area contributed by atoms with Gasteiger partial charge < -0.3 is 14.6 Å². The monoisotopic (exact) mass is 209 g/mol. The summed E-state index contributed by atoms with van der Waals surface area (Å²) >= 11 is 0. The van der Waals surface area contributed by atoms with Crippen LogP contribution in [0.4, 0.5) is 0 Å². The number of carbonyl (C=O) groups is 1. The molecule has 0 saturated carbocycles. The first-order valence-electron chi connectivity index (χ1n) is 5.12. The summed E-state index contributed by atoms with van der Waals surface area (Å²) in [4.78, 5) is 17.9. The summed E-state index contributed by atoms with van der Waals surface area (Å²) in [6.07, 6.45) is 1.42. The molecule has 1 saturated heterocycles. The summed E-state index contributed by atoms with van der Waals surface area (Å²) in [5.41, 5.74) is 0.404. The predicted octanol–water partition coefficient (Wildman–Crippen LogP) is 0.417. The normalized spacial score (nSPS) is 21.7. The molecule has 1 aromatic rings. The Hall–Kier alpha value is -1.36. The molecule has 15 heavy (non-hydrogen) atoms. The first-order valence-corrected chi connectivity index (χ1v) is 5.12. The van der Waals surface area contributed by atoms with Crippen LogP contribution in [0.1, 0.15) is 23.3 Å². The molecule has 82 valence electrons. The van der Waals surface area contributed by atoms with E-state index in [1.807, 2.05) is 11.8 Å². The van der Waals surface area contributed by atoms with E-state index in [0.717, 1.165) is 19.6 Å². The highest BCUT2D eigenvalue weighted by atomic mass is 16.3. The van der Waals surface area contributed by atoms with Gasteiger partial charge in [-0.25, -0.2) is 4.98 Å². The third-order valence-corrected chi connectivity index (χ3v) is 2.60. The zero-order chi connectivity index (χ0) is 10.8. The first-order chi connectivity index (χ1) is 7.18. The number of nitrogens with zero attached hydrogens (tertiary/aromatic N) is 2. The molecular formula is C10H15N3O2. The Morgan fingerprint density at radius 2 is 2.53 bits per heavy atom. The van der Waals surface area contributed by atoms with Crippen molar-refractivity contribution in [3.8, 4) is 0 Å². The van der Waals surface area contributed by atoms with Gasteiger partial charge in [-0.15, -0.1) is 0 Å². The van der Waals surface area contributed by atoms with Crippen molar-refractivity contribution in [3.63, 3.8) is 0 Å². The molecule has 1 amide bonds. The van der Waals surface area contributed by atoms with Crippen LogP contribution in [0.2, 0.25) is 0 Å². The average molecular weight is 209 g/mol. The predicted molar refractivity (Wildman–Crippen MR) is 54.6 cm³/mol. The van der Waals surface area contributed by atoms with Crippen molar-refractivity contribution in [1.82, 2.24) is 15.2 Å². The van der Waals surface area contributed by atoms with Gasteiger partial charge in [0, 0.05) is 32.6 Å². The molecule has 1 fully saturated rings. The van der Waals surface area contributed by atoms with Crippen LogP contribution in [0.3, 0.4) is 0 Å². The lowest BCUT2D eigenvalue weighted by atomic mass is 10.2. The molecule has 1 aliphatic rings. The molecule has 0 unspecified atom stereocenters. The molecule has 0 bridgehead atoms. The molecule has 5 heteroatoms. The van der Waals surface area contributed by atoms with Crippen LogP contribution in [0.25, 0.3) is 0 Å². The minimum Gasteiger partial charge on any atom is -0.448 e. The van der Waals surface area contributed by atoms with Crippen molar-refractivity contribution in [2.24, 2.45) is 0 Å². The van der Waals surface area contributed by atoms with Gasteiger partial charge in [0.05, 0.1) is 0 Å². The molecule has 5 nitrogen and oxygen atoms in total. The third-order valence-electron chi connectivity index (χ3n) is 2.60. The smallest absolute Gasteiger partial charge is 0.276 e. The number of aromatic nitrogens is 1. The minimum absolute atomic E-state index is 0.0409. The van der Waals surface area contributed by atoms with Crippen molar-refractivity contribution in [3.05, 3.63) is 17.8 Å². The molecule has 2 heterocycles. The maximum atomic E-state index is 12.0. The zero-order valence-electron chi connectivity index (χ0n) is 8.99. The molecule has 0 radical (unpaired) electrons. The van der Waals surface area contributed by atoms with E-state index in [-0.39, 0.29) is 11.9 Å². The van der Waals surface area contributed by atoms with E-state index in [9.17, 15) is 4.79 Å². The molecule has 0 aliphatic carbocycles. The lowest BCUT2D eigenvalue weighted by molar-refractivity contribution is 0.0649. The second-order valence-corrected chi connectivity index (χ2v) is 3.80. The molecule has 1 aliphatic heterocycles. The summed E-state index contributed by atoms with van der Waals surface area (Å²) in [5, 5.41) is 3.24. The summed E-state index contributed by atoms with van der Waals surface area (Å²) in [7, 11) is 0. The third kappa shape index (κ3) is 2.02. The van der Waals surface area contributed by atoms with Crippen LogP contribution in [0, 0.1) is 6.92 Å². The summed E-state index contributed by atoms with van der Waals surface area (Å²) < 4.78 is 5.04. The maximum Gasteiger partial charge on any atom is 0.276 e. The number of oxazole rings is 1. The fourth-order valence-electron chi connectivity index (χ4n) is 1.75. The zero-order valence-corrected chi connectivity index (χ0v) is 8.99. The average Bonchev–Trinajstić information content (AvgIpc) is 2.65. The Balaban J connectivity index is 2.13. The van der Waals surface area contributed by atoms with Gasteiger partial charge in [0.1, 0.15) is 6.26 Å². The number of amides is 1. The number of carbonyl (C=O) groups excluding carboxylic acids is 1. The van der Waals surface area contributed by atoms with Crippen molar-refractivity contribution < 1.29 is 9.21 Å². The van der Waals surface area contributed by atoms with Crippen LogP contribution in [0.15, 0.2) is 10.7 Å². The van der Waals surface area contributed by atoms with Crippen LogP contribution >= 0.6 is 0 Å². The second-order valence-electron chi connectivity index (χ2n) is 3.80. The molecule has 0 aromatic carbocycles. The Bertz CT molecular complexity index is 361. The van der Waals surface area contributed by atoms with Gasteiger partial charge in [0.2, 0.25) is 0 Å². The number of hydrogen-bond donors (Lipinski definition) is 1. The maximum absolute atomic E-state index is 12.0. The van der Waals surface area contributed by atoms with Gasteiger partial charge in [0.15, 0.2) is 11.6 Å². The summed E-state index contributed by atoms with van der Waals surface area (Å²) in [6, 6.07) is 0.211. The molecule has 2 rings (SSSR count). The quantitative estimate of drug-likeness (QED) is 0.728. The first kappa shape index (κ1) is 10.2. The number of piperazine rings is 1. The highest BCUT2D eigenvalue weighted by Crippen LogP contribution is 2.09. The Kier molecular flexibility index (Phi) is 2.73. The largest absolute Gasteiger partial charge is 0.448 e. The van der Waals surface area contributed by atoms with Crippen molar-refractivity contribution >= 4 is 5.91 Å².